The highest BCUT2D eigenvalue weighted by molar-refractivity contribution is 5.89. The summed E-state index contributed by atoms with van der Waals surface area (Å²) in [6.45, 7) is 0.290. The van der Waals surface area contributed by atoms with Gasteiger partial charge >= 0.3 is 0 Å². The van der Waals surface area contributed by atoms with Crippen LogP contribution >= 0.6 is 0 Å². The largest absolute Gasteiger partial charge is 0.380 e. The van der Waals surface area contributed by atoms with Crippen LogP contribution in [0.1, 0.15) is 16.7 Å². The minimum absolute atomic E-state index is 0.290. The fourth-order valence-corrected chi connectivity index (χ4v) is 2.26. The van der Waals surface area contributed by atoms with Gasteiger partial charge in [-0.3, -0.25) is 4.79 Å². The standard InChI is InChI=1S/C16H17NO3/c1-20-11-12-7-5-6-10-14(12)16(19,15(17)18)13-8-3-2-4-9-13/h2-10,19H,11H2,1H3,(H2,17,18)/t16-/m0/s1. The number of hydrogen-bond acceptors (Lipinski definition) is 3. The summed E-state index contributed by atoms with van der Waals surface area (Å²) in [4.78, 5) is 11.9. The Labute approximate surface area is 117 Å². The molecule has 0 saturated heterocycles. The number of carbonyl (C=O) groups excluding carboxylic acids is 1. The highest BCUT2D eigenvalue weighted by Gasteiger charge is 2.39. The molecule has 0 aliphatic rings. The minimum atomic E-state index is -1.86. The van der Waals surface area contributed by atoms with E-state index in [0.717, 1.165) is 5.56 Å². The lowest BCUT2D eigenvalue weighted by molar-refractivity contribution is -0.133. The highest BCUT2D eigenvalue weighted by atomic mass is 16.5. The van der Waals surface area contributed by atoms with Crippen LogP contribution in [0, 0.1) is 0 Å². The van der Waals surface area contributed by atoms with Gasteiger partial charge in [-0.1, -0.05) is 54.6 Å². The van der Waals surface area contributed by atoms with E-state index in [2.05, 4.69) is 0 Å². The number of benzene rings is 2. The SMILES string of the molecule is COCc1ccccc1[C@](O)(C(N)=O)c1ccccc1. The van der Waals surface area contributed by atoms with Gasteiger partial charge in [-0.2, -0.15) is 0 Å². The number of methoxy groups -OCH3 is 1. The van der Waals surface area contributed by atoms with E-state index in [4.69, 9.17) is 10.5 Å². The van der Waals surface area contributed by atoms with Crippen molar-refractivity contribution in [1.82, 2.24) is 0 Å². The summed E-state index contributed by atoms with van der Waals surface area (Å²) >= 11 is 0. The number of aliphatic hydroxyl groups is 1. The second-order valence-corrected chi connectivity index (χ2v) is 4.53. The Morgan fingerprint density at radius 3 is 2.35 bits per heavy atom. The lowest BCUT2D eigenvalue weighted by atomic mass is 9.83. The molecule has 0 bridgehead atoms. The smallest absolute Gasteiger partial charge is 0.258 e. The van der Waals surface area contributed by atoms with Crippen LogP contribution in [0.5, 0.6) is 0 Å². The zero-order valence-electron chi connectivity index (χ0n) is 11.2. The van der Waals surface area contributed by atoms with E-state index in [1.54, 1.807) is 49.6 Å². The van der Waals surface area contributed by atoms with Gasteiger partial charge in [0.1, 0.15) is 0 Å². The van der Waals surface area contributed by atoms with Gasteiger partial charge in [-0.25, -0.2) is 0 Å². The molecule has 0 unspecified atom stereocenters. The summed E-state index contributed by atoms with van der Waals surface area (Å²) in [5.41, 5.74) is 5.21. The van der Waals surface area contributed by atoms with Crippen molar-refractivity contribution in [3.05, 3.63) is 71.3 Å². The first kappa shape index (κ1) is 14.2. The number of amides is 1. The molecule has 0 aromatic heterocycles. The first-order chi connectivity index (χ1) is 9.60. The molecular weight excluding hydrogens is 254 g/mol. The Bertz CT molecular complexity index is 598. The average Bonchev–Trinajstić information content (AvgIpc) is 2.48. The molecule has 20 heavy (non-hydrogen) atoms. The third-order valence-corrected chi connectivity index (χ3v) is 3.26. The van der Waals surface area contributed by atoms with Crippen molar-refractivity contribution in [2.24, 2.45) is 5.73 Å². The highest BCUT2D eigenvalue weighted by Crippen LogP contribution is 2.32. The molecule has 4 heteroatoms. The van der Waals surface area contributed by atoms with Gasteiger partial charge in [0.25, 0.3) is 5.91 Å². The molecular formula is C16H17NO3. The van der Waals surface area contributed by atoms with Crippen LogP contribution in [0.3, 0.4) is 0 Å². The van der Waals surface area contributed by atoms with Gasteiger partial charge in [0, 0.05) is 12.7 Å². The summed E-state index contributed by atoms with van der Waals surface area (Å²) in [6.07, 6.45) is 0. The summed E-state index contributed by atoms with van der Waals surface area (Å²) < 4.78 is 5.12. The lowest BCUT2D eigenvalue weighted by Gasteiger charge is -2.27. The average molecular weight is 271 g/mol. The minimum Gasteiger partial charge on any atom is -0.380 e. The molecule has 0 aliphatic heterocycles. The monoisotopic (exact) mass is 271 g/mol. The molecule has 0 saturated carbocycles. The van der Waals surface area contributed by atoms with E-state index in [1.807, 2.05) is 12.1 Å². The van der Waals surface area contributed by atoms with Gasteiger partial charge in [0.2, 0.25) is 0 Å². The molecule has 0 radical (unpaired) electrons. The van der Waals surface area contributed by atoms with Gasteiger partial charge in [0.05, 0.1) is 6.61 Å². The number of nitrogens with two attached hydrogens (primary N) is 1. The molecule has 0 fully saturated rings. The second kappa shape index (κ2) is 5.86. The van der Waals surface area contributed by atoms with Crippen LogP contribution in [0.2, 0.25) is 0 Å². The maximum Gasteiger partial charge on any atom is 0.258 e. The molecule has 1 amide bonds. The zero-order valence-corrected chi connectivity index (χ0v) is 11.2. The van der Waals surface area contributed by atoms with Crippen molar-refractivity contribution in [3.63, 3.8) is 0 Å². The van der Waals surface area contributed by atoms with Crippen molar-refractivity contribution in [2.75, 3.05) is 7.11 Å². The topological polar surface area (TPSA) is 72.6 Å². The second-order valence-electron chi connectivity index (χ2n) is 4.53. The van der Waals surface area contributed by atoms with E-state index >= 15 is 0 Å². The number of rotatable bonds is 5. The quantitative estimate of drug-likeness (QED) is 0.866. The molecule has 104 valence electrons. The van der Waals surface area contributed by atoms with Crippen LogP contribution in [0.25, 0.3) is 0 Å². The van der Waals surface area contributed by atoms with Crippen molar-refractivity contribution < 1.29 is 14.6 Å². The molecule has 2 rings (SSSR count). The first-order valence-electron chi connectivity index (χ1n) is 6.25. The molecule has 0 spiro atoms. The van der Waals surface area contributed by atoms with E-state index in [1.165, 1.54) is 0 Å². The summed E-state index contributed by atoms with van der Waals surface area (Å²) in [5.74, 6) is -0.813. The fourth-order valence-electron chi connectivity index (χ4n) is 2.26. The van der Waals surface area contributed by atoms with E-state index < -0.39 is 11.5 Å². The van der Waals surface area contributed by atoms with Gasteiger partial charge < -0.3 is 15.6 Å². The summed E-state index contributed by atoms with van der Waals surface area (Å²) in [6, 6.07) is 15.7. The maximum atomic E-state index is 11.9. The molecule has 2 aromatic carbocycles. The van der Waals surface area contributed by atoms with Crippen LogP contribution in [-0.2, 0) is 21.7 Å². The Balaban J connectivity index is 2.63. The number of ether oxygens (including phenoxy) is 1. The fraction of sp³-hybridized carbons (Fsp3) is 0.188. The van der Waals surface area contributed by atoms with Gasteiger partial charge in [-0.05, 0) is 11.1 Å². The van der Waals surface area contributed by atoms with Crippen molar-refractivity contribution >= 4 is 5.91 Å². The molecule has 4 nitrogen and oxygen atoms in total. The predicted octanol–water partition coefficient (Wildman–Crippen LogP) is 1.55. The Hall–Kier alpha value is -2.17. The molecule has 1 atom stereocenters. The van der Waals surface area contributed by atoms with Gasteiger partial charge in [0.15, 0.2) is 5.60 Å². The van der Waals surface area contributed by atoms with Crippen LogP contribution < -0.4 is 5.73 Å². The van der Waals surface area contributed by atoms with Crippen molar-refractivity contribution in [2.45, 2.75) is 12.2 Å². The lowest BCUT2D eigenvalue weighted by Crippen LogP contribution is -2.42. The first-order valence-corrected chi connectivity index (χ1v) is 6.25. The number of carbonyl (C=O) groups is 1. The Morgan fingerprint density at radius 2 is 1.75 bits per heavy atom. The van der Waals surface area contributed by atoms with E-state index in [0.29, 0.717) is 17.7 Å². The molecule has 0 aliphatic carbocycles. The molecule has 3 N–H and O–H groups in total. The third kappa shape index (κ3) is 2.43. The van der Waals surface area contributed by atoms with Crippen molar-refractivity contribution in [1.29, 1.82) is 0 Å². The van der Waals surface area contributed by atoms with E-state index in [-0.39, 0.29) is 0 Å². The molecule has 2 aromatic rings. The molecule has 0 heterocycles. The Morgan fingerprint density at radius 1 is 1.15 bits per heavy atom. The number of hydrogen-bond donors (Lipinski definition) is 2. The van der Waals surface area contributed by atoms with Gasteiger partial charge in [-0.15, -0.1) is 0 Å². The Kier molecular flexibility index (Phi) is 4.17. The van der Waals surface area contributed by atoms with Crippen LogP contribution in [-0.4, -0.2) is 18.1 Å². The van der Waals surface area contributed by atoms with Crippen LogP contribution in [0.4, 0.5) is 0 Å². The van der Waals surface area contributed by atoms with Crippen LogP contribution in [0.15, 0.2) is 54.6 Å². The summed E-state index contributed by atoms with van der Waals surface area (Å²) in [7, 11) is 1.56. The van der Waals surface area contributed by atoms with Crippen molar-refractivity contribution in [3.8, 4) is 0 Å². The normalized spacial score (nSPS) is 13.7. The maximum absolute atomic E-state index is 11.9. The van der Waals surface area contributed by atoms with E-state index in [9.17, 15) is 9.90 Å². The zero-order chi connectivity index (χ0) is 14.6. The number of primary amides is 1. The summed E-state index contributed by atoms with van der Waals surface area (Å²) in [5, 5.41) is 10.9. The third-order valence-electron chi connectivity index (χ3n) is 3.26. The predicted molar refractivity (Wildman–Crippen MR) is 75.8 cm³/mol.